The molecule has 0 radical (unpaired) electrons. The van der Waals surface area contributed by atoms with Gasteiger partial charge in [0.25, 0.3) is 0 Å². The van der Waals surface area contributed by atoms with Crippen LogP contribution in [0.1, 0.15) is 27.4 Å². The van der Waals surface area contributed by atoms with Gasteiger partial charge in [-0.05, 0) is 32.9 Å². The molecule has 0 atom stereocenters. The molecule has 19 heavy (non-hydrogen) atoms. The Morgan fingerprint density at radius 2 is 1.95 bits per heavy atom. The van der Waals surface area contributed by atoms with Gasteiger partial charge in [-0.3, -0.25) is 9.97 Å². The zero-order valence-electron chi connectivity index (χ0n) is 11.0. The molecule has 0 aliphatic rings. The number of aromatic nitrogens is 2. The number of nitrogens with zero attached hydrogens (tertiary/aromatic N) is 2. The molecule has 5 nitrogen and oxygen atoms in total. The lowest BCUT2D eigenvalue weighted by Gasteiger charge is -2.11. The number of ether oxygens (including phenoxy) is 1. The minimum atomic E-state index is -1.06. The van der Waals surface area contributed by atoms with Crippen molar-refractivity contribution in [2.75, 3.05) is 0 Å². The molecular weight excluding hydrogens is 244 g/mol. The average Bonchev–Trinajstić information content (AvgIpc) is 2.30. The van der Waals surface area contributed by atoms with E-state index in [4.69, 9.17) is 4.74 Å². The fourth-order valence-electron chi connectivity index (χ4n) is 1.78. The summed E-state index contributed by atoms with van der Waals surface area (Å²) in [7, 11) is 0. The van der Waals surface area contributed by atoms with Gasteiger partial charge in [0.2, 0.25) is 0 Å². The van der Waals surface area contributed by atoms with Crippen molar-refractivity contribution >= 4 is 5.97 Å². The third kappa shape index (κ3) is 2.88. The number of carboxylic acids is 1. The molecule has 2 aromatic heterocycles. The van der Waals surface area contributed by atoms with Crippen molar-refractivity contribution in [3.05, 3.63) is 47.0 Å². The van der Waals surface area contributed by atoms with Crippen LogP contribution in [0.5, 0.6) is 11.5 Å². The maximum absolute atomic E-state index is 11.3. The Balaban J connectivity index is 2.44. The summed E-state index contributed by atoms with van der Waals surface area (Å²) in [6.45, 7) is 5.31. The predicted molar refractivity (Wildman–Crippen MR) is 69.7 cm³/mol. The zero-order chi connectivity index (χ0) is 14.0. The molecule has 1 N–H and O–H groups in total. The first-order valence-electron chi connectivity index (χ1n) is 5.79. The van der Waals surface area contributed by atoms with Gasteiger partial charge < -0.3 is 9.84 Å². The first-order valence-corrected chi connectivity index (χ1v) is 5.79. The van der Waals surface area contributed by atoms with Gasteiger partial charge in [0, 0.05) is 17.5 Å². The maximum atomic E-state index is 11.3. The normalized spacial score (nSPS) is 10.3. The largest absolute Gasteiger partial charge is 0.477 e. The molecule has 2 aromatic rings. The van der Waals surface area contributed by atoms with Crippen molar-refractivity contribution in [2.24, 2.45) is 0 Å². The molecule has 0 aliphatic heterocycles. The number of aryl methyl sites for hydroxylation is 3. The molecule has 2 heterocycles. The number of hydrogen-bond donors (Lipinski definition) is 1. The Morgan fingerprint density at radius 3 is 2.53 bits per heavy atom. The van der Waals surface area contributed by atoms with E-state index in [2.05, 4.69) is 9.97 Å². The molecule has 5 heteroatoms. The van der Waals surface area contributed by atoms with E-state index in [0.29, 0.717) is 17.1 Å². The molecule has 0 bridgehead atoms. The molecule has 2 rings (SSSR count). The Bertz CT molecular complexity index is 621. The van der Waals surface area contributed by atoms with Crippen LogP contribution in [0.15, 0.2) is 24.4 Å². The van der Waals surface area contributed by atoms with Crippen LogP contribution in [0.25, 0.3) is 0 Å². The van der Waals surface area contributed by atoms with E-state index in [9.17, 15) is 9.90 Å². The van der Waals surface area contributed by atoms with E-state index in [1.807, 2.05) is 6.92 Å². The summed E-state index contributed by atoms with van der Waals surface area (Å²) in [5, 5.41) is 9.22. The van der Waals surface area contributed by atoms with E-state index in [1.54, 1.807) is 38.2 Å². The SMILES string of the molecule is Cc1ccc(Oc2cc(C)nc(C)c2C(=O)O)cn1. The number of rotatable bonds is 3. The van der Waals surface area contributed by atoms with Crippen LogP contribution < -0.4 is 4.74 Å². The first kappa shape index (κ1) is 13.0. The lowest BCUT2D eigenvalue weighted by Crippen LogP contribution is -2.06. The first-order chi connectivity index (χ1) is 8.97. The van der Waals surface area contributed by atoms with Crippen molar-refractivity contribution in [3.8, 4) is 11.5 Å². The molecule has 98 valence electrons. The minimum Gasteiger partial charge on any atom is -0.477 e. The van der Waals surface area contributed by atoms with Crippen molar-refractivity contribution in [2.45, 2.75) is 20.8 Å². The molecule has 0 unspecified atom stereocenters. The number of aromatic carboxylic acids is 1. The summed E-state index contributed by atoms with van der Waals surface area (Å²) in [5.41, 5.74) is 2.08. The summed E-state index contributed by atoms with van der Waals surface area (Å²) in [6, 6.07) is 5.16. The quantitative estimate of drug-likeness (QED) is 0.916. The van der Waals surface area contributed by atoms with Gasteiger partial charge in [-0.1, -0.05) is 0 Å². The van der Waals surface area contributed by atoms with Gasteiger partial charge in [-0.15, -0.1) is 0 Å². The van der Waals surface area contributed by atoms with Crippen LogP contribution in [0.4, 0.5) is 0 Å². The Labute approximate surface area is 110 Å². The highest BCUT2D eigenvalue weighted by atomic mass is 16.5. The lowest BCUT2D eigenvalue weighted by atomic mass is 10.1. The fraction of sp³-hybridized carbons (Fsp3) is 0.214. The van der Waals surface area contributed by atoms with Crippen molar-refractivity contribution < 1.29 is 14.6 Å². The van der Waals surface area contributed by atoms with Crippen molar-refractivity contribution in [1.82, 2.24) is 9.97 Å². The van der Waals surface area contributed by atoms with E-state index in [0.717, 1.165) is 5.69 Å². The minimum absolute atomic E-state index is 0.0752. The Hall–Kier alpha value is -2.43. The summed E-state index contributed by atoms with van der Waals surface area (Å²) in [5.74, 6) is -0.277. The van der Waals surface area contributed by atoms with Gasteiger partial charge in [0.05, 0.1) is 11.9 Å². The van der Waals surface area contributed by atoms with E-state index >= 15 is 0 Å². The highest BCUT2D eigenvalue weighted by molar-refractivity contribution is 5.92. The average molecular weight is 258 g/mol. The molecule has 0 saturated heterocycles. The van der Waals surface area contributed by atoms with Crippen LogP contribution in [0.3, 0.4) is 0 Å². The fourth-order valence-corrected chi connectivity index (χ4v) is 1.78. The second kappa shape index (κ2) is 5.06. The second-order valence-electron chi connectivity index (χ2n) is 4.26. The molecule has 0 saturated carbocycles. The highest BCUT2D eigenvalue weighted by Crippen LogP contribution is 2.27. The molecule has 0 aliphatic carbocycles. The third-order valence-corrected chi connectivity index (χ3v) is 2.62. The summed E-state index contributed by atoms with van der Waals surface area (Å²) in [6.07, 6.45) is 1.56. The van der Waals surface area contributed by atoms with E-state index in [1.165, 1.54) is 0 Å². The van der Waals surface area contributed by atoms with Crippen LogP contribution in [0.2, 0.25) is 0 Å². The lowest BCUT2D eigenvalue weighted by molar-refractivity contribution is 0.0692. The van der Waals surface area contributed by atoms with Gasteiger partial charge in [-0.25, -0.2) is 4.79 Å². The molecule has 0 amide bonds. The van der Waals surface area contributed by atoms with Crippen molar-refractivity contribution in [1.29, 1.82) is 0 Å². The number of pyridine rings is 2. The smallest absolute Gasteiger partial charge is 0.341 e. The monoisotopic (exact) mass is 258 g/mol. The third-order valence-electron chi connectivity index (χ3n) is 2.62. The Kier molecular flexibility index (Phi) is 3.46. The molecule has 0 aromatic carbocycles. The van der Waals surface area contributed by atoms with Crippen LogP contribution in [-0.4, -0.2) is 21.0 Å². The second-order valence-corrected chi connectivity index (χ2v) is 4.26. The maximum Gasteiger partial charge on any atom is 0.341 e. The van der Waals surface area contributed by atoms with E-state index in [-0.39, 0.29) is 11.3 Å². The Morgan fingerprint density at radius 1 is 1.21 bits per heavy atom. The molecule has 0 spiro atoms. The molecular formula is C14H14N2O3. The van der Waals surface area contributed by atoms with Gasteiger partial charge in [-0.2, -0.15) is 0 Å². The molecule has 0 fully saturated rings. The van der Waals surface area contributed by atoms with Crippen molar-refractivity contribution in [3.63, 3.8) is 0 Å². The van der Waals surface area contributed by atoms with Crippen LogP contribution in [-0.2, 0) is 0 Å². The van der Waals surface area contributed by atoms with Gasteiger partial charge in [0.1, 0.15) is 17.1 Å². The van der Waals surface area contributed by atoms with Gasteiger partial charge in [0.15, 0.2) is 0 Å². The number of hydrogen-bond acceptors (Lipinski definition) is 4. The summed E-state index contributed by atoms with van der Waals surface area (Å²) >= 11 is 0. The highest BCUT2D eigenvalue weighted by Gasteiger charge is 2.17. The standard InChI is InChI=1S/C14H14N2O3/c1-8-4-5-11(7-15-8)19-12-6-9(2)16-10(3)13(12)14(17)18/h4-7H,1-3H3,(H,17,18). The van der Waals surface area contributed by atoms with Gasteiger partial charge >= 0.3 is 5.97 Å². The van der Waals surface area contributed by atoms with Crippen LogP contribution >= 0.6 is 0 Å². The van der Waals surface area contributed by atoms with Crippen LogP contribution in [0, 0.1) is 20.8 Å². The number of carbonyl (C=O) groups is 1. The zero-order valence-corrected chi connectivity index (χ0v) is 11.0. The number of carboxylic acid groups (broad SMARTS) is 1. The topological polar surface area (TPSA) is 72.3 Å². The summed E-state index contributed by atoms with van der Waals surface area (Å²) in [4.78, 5) is 19.5. The van der Waals surface area contributed by atoms with E-state index < -0.39 is 5.97 Å². The summed E-state index contributed by atoms with van der Waals surface area (Å²) < 4.78 is 5.60. The predicted octanol–water partition coefficient (Wildman–Crippen LogP) is 2.89.